The molecule has 1 saturated heterocycles. The molecule has 3 aromatic carbocycles. The lowest BCUT2D eigenvalue weighted by Crippen LogP contribution is -2.40. The van der Waals surface area contributed by atoms with E-state index in [-0.39, 0.29) is 48.5 Å². The molecule has 2 aliphatic heterocycles. The average molecular weight is 607 g/mol. The Labute approximate surface area is 248 Å². The van der Waals surface area contributed by atoms with Crippen molar-refractivity contribution in [3.8, 4) is 5.75 Å². The molecule has 4 N–H and O–H groups in total. The molecule has 2 aliphatic rings. The van der Waals surface area contributed by atoms with E-state index in [0.717, 1.165) is 64.8 Å². The van der Waals surface area contributed by atoms with Crippen LogP contribution in [0.25, 0.3) is 10.8 Å². The first kappa shape index (κ1) is 31.5. The highest BCUT2D eigenvalue weighted by Gasteiger charge is 2.39. The van der Waals surface area contributed by atoms with Gasteiger partial charge in [-0.05, 0) is 72.5 Å². The highest BCUT2D eigenvalue weighted by atomic mass is 35.5. The van der Waals surface area contributed by atoms with Gasteiger partial charge in [-0.1, -0.05) is 24.3 Å². The Bertz CT molecular complexity index is 1540. The summed E-state index contributed by atoms with van der Waals surface area (Å²) in [5, 5.41) is 17.6. The smallest absolute Gasteiger partial charge is 0.235 e. The third kappa shape index (κ3) is 6.01. The average Bonchev–Trinajstić information content (AvgIpc) is 3.29. The highest BCUT2D eigenvalue weighted by molar-refractivity contribution is 7.92. The van der Waals surface area contributed by atoms with Gasteiger partial charge in [-0.15, -0.1) is 24.8 Å². The van der Waals surface area contributed by atoms with E-state index < -0.39 is 10.0 Å². The van der Waals surface area contributed by atoms with E-state index >= 15 is 0 Å². The number of amidine groups is 2. The molecule has 0 aliphatic carbocycles. The first-order valence-corrected chi connectivity index (χ1v) is 14.7. The Morgan fingerprint density at radius 1 is 1.02 bits per heavy atom. The fourth-order valence-corrected chi connectivity index (χ4v) is 7.07. The van der Waals surface area contributed by atoms with Crippen LogP contribution in [0.15, 0.2) is 48.5 Å². The molecule has 1 fully saturated rings. The van der Waals surface area contributed by atoms with Crippen molar-refractivity contribution < 1.29 is 13.2 Å². The molecule has 3 aromatic rings. The molecule has 0 saturated carbocycles. The summed E-state index contributed by atoms with van der Waals surface area (Å²) in [5.74, 6) is 1.37. The SMILES string of the molecule is CCS(=O)(=O)N1c2c(C)cc(OC3CCN(C(C)=N)CC3)cc2CC1c1ccc2ccc(C(=N)N)cc2c1.Cl.Cl. The number of likely N-dealkylation sites (tertiary alicyclic amines) is 1. The van der Waals surface area contributed by atoms with E-state index in [1.54, 1.807) is 11.2 Å². The minimum atomic E-state index is -3.55. The van der Waals surface area contributed by atoms with E-state index in [4.69, 9.17) is 21.3 Å². The summed E-state index contributed by atoms with van der Waals surface area (Å²) in [7, 11) is -3.55. The fourth-order valence-electron chi connectivity index (χ4n) is 5.67. The second-order valence-corrected chi connectivity index (χ2v) is 12.4. The molecule has 2 heterocycles. The number of fused-ring (bicyclic) bond motifs is 2. The summed E-state index contributed by atoms with van der Waals surface area (Å²) < 4.78 is 34.8. The number of rotatable bonds is 6. The van der Waals surface area contributed by atoms with Crippen molar-refractivity contribution in [3.63, 3.8) is 0 Å². The molecule has 11 heteroatoms. The Balaban J connectivity index is 0.00000220. The van der Waals surface area contributed by atoms with Crippen LogP contribution in [-0.4, -0.2) is 49.9 Å². The van der Waals surface area contributed by atoms with Crippen LogP contribution in [0.4, 0.5) is 5.69 Å². The van der Waals surface area contributed by atoms with Crippen molar-refractivity contribution in [1.82, 2.24) is 4.90 Å². The van der Waals surface area contributed by atoms with Gasteiger partial charge in [-0.2, -0.15) is 0 Å². The van der Waals surface area contributed by atoms with Crippen LogP contribution in [0, 0.1) is 17.7 Å². The van der Waals surface area contributed by atoms with Crippen molar-refractivity contribution in [2.24, 2.45) is 5.73 Å². The van der Waals surface area contributed by atoms with E-state index in [1.165, 1.54) is 0 Å². The molecule has 1 atom stereocenters. The summed E-state index contributed by atoms with van der Waals surface area (Å²) in [5.41, 5.74) is 9.85. The number of hydrogen-bond acceptors (Lipinski definition) is 5. The van der Waals surface area contributed by atoms with E-state index in [1.807, 2.05) is 62.4 Å². The number of benzene rings is 3. The molecule has 0 aromatic heterocycles. The number of nitrogens with two attached hydrogens (primary N) is 1. The zero-order chi connectivity index (χ0) is 27.2. The Morgan fingerprint density at radius 2 is 1.70 bits per heavy atom. The summed E-state index contributed by atoms with van der Waals surface area (Å²) in [6.45, 7) is 7.06. The van der Waals surface area contributed by atoms with E-state index in [9.17, 15) is 8.42 Å². The maximum Gasteiger partial charge on any atom is 0.235 e. The molecule has 0 bridgehead atoms. The van der Waals surface area contributed by atoms with Gasteiger partial charge in [0.2, 0.25) is 10.0 Å². The topological polar surface area (TPSA) is 124 Å². The minimum Gasteiger partial charge on any atom is -0.490 e. The minimum absolute atomic E-state index is 0. The van der Waals surface area contributed by atoms with Crippen molar-refractivity contribution in [1.29, 1.82) is 10.8 Å². The molecule has 216 valence electrons. The number of nitrogen functional groups attached to an aromatic ring is 1. The lowest BCUT2D eigenvalue weighted by molar-refractivity contribution is 0.130. The third-order valence-corrected chi connectivity index (χ3v) is 9.48. The normalized spacial score (nSPS) is 17.1. The number of nitrogens with zero attached hydrogens (tertiary/aromatic N) is 2. The van der Waals surface area contributed by atoms with Crippen molar-refractivity contribution in [2.45, 2.75) is 52.2 Å². The van der Waals surface area contributed by atoms with Gasteiger partial charge in [0.15, 0.2) is 0 Å². The molecule has 0 spiro atoms. The maximum atomic E-state index is 13.4. The Morgan fingerprint density at radius 3 is 2.33 bits per heavy atom. The van der Waals surface area contributed by atoms with Crippen LogP contribution in [0.3, 0.4) is 0 Å². The summed E-state index contributed by atoms with van der Waals surface area (Å²) in [6, 6.07) is 15.2. The maximum absolute atomic E-state index is 13.4. The summed E-state index contributed by atoms with van der Waals surface area (Å²) in [6.07, 6.45) is 2.33. The van der Waals surface area contributed by atoms with Crippen LogP contribution < -0.4 is 14.8 Å². The second kappa shape index (κ2) is 12.2. The number of aryl methyl sites for hydroxylation is 1. The predicted octanol–water partition coefficient (Wildman–Crippen LogP) is 5.57. The van der Waals surface area contributed by atoms with Gasteiger partial charge in [0.05, 0.1) is 23.3 Å². The van der Waals surface area contributed by atoms with Crippen LogP contribution in [0.5, 0.6) is 5.75 Å². The quantitative estimate of drug-likeness (QED) is 0.250. The largest absolute Gasteiger partial charge is 0.490 e. The lowest BCUT2D eigenvalue weighted by atomic mass is 9.98. The molecular weight excluding hydrogens is 569 g/mol. The Hall–Kier alpha value is -3.01. The van der Waals surface area contributed by atoms with Gasteiger partial charge >= 0.3 is 0 Å². The number of halogens is 2. The number of sulfonamides is 1. The van der Waals surface area contributed by atoms with Gasteiger partial charge in [-0.3, -0.25) is 15.1 Å². The van der Waals surface area contributed by atoms with Crippen LogP contribution >= 0.6 is 24.8 Å². The van der Waals surface area contributed by atoms with Gasteiger partial charge in [0.1, 0.15) is 17.7 Å². The second-order valence-electron chi connectivity index (χ2n) is 10.3. The van der Waals surface area contributed by atoms with Gasteiger partial charge < -0.3 is 15.4 Å². The van der Waals surface area contributed by atoms with Crippen molar-refractivity contribution in [2.75, 3.05) is 23.1 Å². The van der Waals surface area contributed by atoms with Crippen LogP contribution in [0.1, 0.15) is 55.0 Å². The van der Waals surface area contributed by atoms with E-state index in [2.05, 4.69) is 4.90 Å². The molecule has 8 nitrogen and oxygen atoms in total. The fraction of sp³-hybridized carbons (Fsp3) is 0.379. The Kier molecular flexibility index (Phi) is 9.65. The number of ether oxygens (including phenoxy) is 1. The first-order chi connectivity index (χ1) is 18.1. The van der Waals surface area contributed by atoms with Crippen molar-refractivity contribution in [3.05, 3.63) is 70.8 Å². The standard InChI is InChI=1S/C29H35N5O3S.2ClH/c1-4-38(35,36)34-27(21-7-5-20-6-8-22(29(31)32)15-23(20)14-21)17-24-16-26(13-18(2)28(24)34)37-25-9-11-33(12-10-25)19(3)30;;/h5-8,13-16,25,27,30H,4,9-12,17H2,1-3H3,(H3,31,32);2*1H. The molecular formula is C29H37Cl2N5O3S. The van der Waals surface area contributed by atoms with Crippen LogP contribution in [-0.2, 0) is 16.4 Å². The highest BCUT2D eigenvalue weighted by Crippen LogP contribution is 2.46. The molecule has 5 rings (SSSR count). The third-order valence-electron chi connectivity index (χ3n) is 7.71. The summed E-state index contributed by atoms with van der Waals surface area (Å²) >= 11 is 0. The summed E-state index contributed by atoms with van der Waals surface area (Å²) in [4.78, 5) is 2.06. The number of nitrogens with one attached hydrogen (secondary N) is 2. The zero-order valence-corrected chi connectivity index (χ0v) is 25.4. The van der Waals surface area contributed by atoms with Gasteiger partial charge in [0, 0.05) is 37.9 Å². The molecule has 0 radical (unpaired) electrons. The molecule has 40 heavy (non-hydrogen) atoms. The lowest BCUT2D eigenvalue weighted by Gasteiger charge is -2.33. The first-order valence-electron chi connectivity index (χ1n) is 13.1. The number of anilines is 1. The van der Waals surface area contributed by atoms with Crippen LogP contribution in [0.2, 0.25) is 0 Å². The number of piperidine rings is 1. The van der Waals surface area contributed by atoms with Gasteiger partial charge in [-0.25, -0.2) is 8.42 Å². The zero-order valence-electron chi connectivity index (χ0n) is 22.9. The van der Waals surface area contributed by atoms with E-state index in [0.29, 0.717) is 17.8 Å². The molecule has 1 unspecified atom stereocenters. The predicted molar refractivity (Wildman–Crippen MR) is 168 cm³/mol. The number of hydrogen-bond donors (Lipinski definition) is 3. The van der Waals surface area contributed by atoms with Gasteiger partial charge in [0.25, 0.3) is 0 Å². The molecule has 0 amide bonds. The monoisotopic (exact) mass is 605 g/mol. The van der Waals surface area contributed by atoms with Crippen molar-refractivity contribution >= 4 is 63.0 Å².